The second-order valence-electron chi connectivity index (χ2n) is 6.18. The number of rotatable bonds is 4. The molecule has 0 saturated carbocycles. The molecule has 1 saturated heterocycles. The third kappa shape index (κ3) is 3.31. The molecule has 27 heavy (non-hydrogen) atoms. The molecule has 0 atom stereocenters. The summed E-state index contributed by atoms with van der Waals surface area (Å²) in [6.07, 6.45) is 1.43. The summed E-state index contributed by atoms with van der Waals surface area (Å²) in [5.74, 6) is -0.768. The van der Waals surface area contributed by atoms with Gasteiger partial charge in [-0.1, -0.05) is 6.07 Å². The molecule has 7 heteroatoms. The van der Waals surface area contributed by atoms with Gasteiger partial charge in [0.05, 0.1) is 19.9 Å². The number of benzene rings is 2. The lowest BCUT2D eigenvalue weighted by atomic mass is 10.1. The maximum absolute atomic E-state index is 12.8. The molecule has 0 spiro atoms. The van der Waals surface area contributed by atoms with Crippen molar-refractivity contribution in [2.75, 3.05) is 19.2 Å². The molecule has 1 heterocycles. The van der Waals surface area contributed by atoms with E-state index >= 15 is 0 Å². The zero-order valence-electron chi connectivity index (χ0n) is 15.5. The Hall–Kier alpha value is -3.48. The lowest BCUT2D eigenvalue weighted by Gasteiger charge is -2.16. The predicted octanol–water partition coefficient (Wildman–Crippen LogP) is 2.49. The van der Waals surface area contributed by atoms with Gasteiger partial charge in [-0.15, -0.1) is 0 Å². The summed E-state index contributed by atoms with van der Waals surface area (Å²) >= 11 is 0. The summed E-state index contributed by atoms with van der Waals surface area (Å²) in [6.45, 7) is 3.91. The largest absolute Gasteiger partial charge is 0.502 e. The molecule has 3 rings (SSSR count). The van der Waals surface area contributed by atoms with Crippen LogP contribution in [0.5, 0.6) is 17.2 Å². The van der Waals surface area contributed by atoms with E-state index in [2.05, 4.69) is 5.43 Å². The Bertz CT molecular complexity index is 940. The van der Waals surface area contributed by atoms with Crippen LogP contribution in [0.1, 0.15) is 16.7 Å². The van der Waals surface area contributed by atoms with E-state index < -0.39 is 11.8 Å². The van der Waals surface area contributed by atoms with Crippen LogP contribution in [-0.4, -0.2) is 31.1 Å². The van der Waals surface area contributed by atoms with Crippen molar-refractivity contribution in [3.05, 3.63) is 52.6 Å². The maximum Gasteiger partial charge on any atom is 0.282 e. The van der Waals surface area contributed by atoms with Gasteiger partial charge < -0.3 is 14.6 Å². The number of aromatic hydroxyl groups is 1. The molecular formula is C20H20N2O5. The molecule has 2 N–H and O–H groups in total. The van der Waals surface area contributed by atoms with Gasteiger partial charge >= 0.3 is 0 Å². The molecule has 0 unspecified atom stereocenters. The molecule has 0 aromatic heterocycles. The van der Waals surface area contributed by atoms with Crippen LogP contribution in [0.15, 0.2) is 35.9 Å². The van der Waals surface area contributed by atoms with E-state index in [0.29, 0.717) is 11.3 Å². The van der Waals surface area contributed by atoms with Crippen LogP contribution in [0, 0.1) is 13.8 Å². The zero-order valence-corrected chi connectivity index (χ0v) is 15.5. The molecular weight excluding hydrogens is 348 g/mol. The monoisotopic (exact) mass is 368 g/mol. The number of nitrogens with zero attached hydrogens (tertiary/aromatic N) is 1. The number of hydrazine groups is 1. The molecule has 2 aromatic carbocycles. The Balaban J connectivity index is 1.99. The van der Waals surface area contributed by atoms with E-state index in [9.17, 15) is 14.7 Å². The summed E-state index contributed by atoms with van der Waals surface area (Å²) in [5, 5.41) is 11.2. The fraction of sp³-hybridized carbons (Fsp3) is 0.200. The number of hydrogen-bond donors (Lipinski definition) is 2. The highest BCUT2D eigenvalue weighted by Gasteiger charge is 2.34. The normalized spacial score (nSPS) is 15.3. The molecule has 2 aromatic rings. The first-order valence-electron chi connectivity index (χ1n) is 8.25. The Morgan fingerprint density at radius 1 is 1.00 bits per heavy atom. The van der Waals surface area contributed by atoms with Crippen LogP contribution in [-0.2, 0) is 9.59 Å². The number of methoxy groups -OCH3 is 2. The van der Waals surface area contributed by atoms with Gasteiger partial charge in [0.2, 0.25) is 5.75 Å². The number of anilines is 1. The van der Waals surface area contributed by atoms with Gasteiger partial charge in [0.1, 0.15) is 5.57 Å². The highest BCUT2D eigenvalue weighted by Crippen LogP contribution is 2.38. The summed E-state index contributed by atoms with van der Waals surface area (Å²) < 4.78 is 10.2. The standard InChI is InChI=1S/C20H20N2O5/c1-11-5-6-14(7-12(11)2)22-20(25)15(19(24)21-22)8-13-9-16(26-3)18(23)17(10-13)27-4/h5-10,23H,1-4H3,(H,21,24)/b15-8-. The number of ether oxygens (including phenoxy) is 2. The number of phenols is 1. The molecule has 1 aliphatic heterocycles. The van der Waals surface area contributed by atoms with Crippen molar-refractivity contribution in [3.8, 4) is 17.2 Å². The Kier molecular flexibility index (Phi) is 4.77. The van der Waals surface area contributed by atoms with E-state index in [1.54, 1.807) is 6.07 Å². The van der Waals surface area contributed by atoms with Crippen molar-refractivity contribution < 1.29 is 24.2 Å². The molecule has 0 radical (unpaired) electrons. The molecule has 2 amide bonds. The average molecular weight is 368 g/mol. The molecule has 140 valence electrons. The summed E-state index contributed by atoms with van der Waals surface area (Å²) in [7, 11) is 2.81. The zero-order chi connectivity index (χ0) is 19.7. The van der Waals surface area contributed by atoms with Crippen molar-refractivity contribution in [3.63, 3.8) is 0 Å². The van der Waals surface area contributed by atoms with Gasteiger partial charge in [-0.25, -0.2) is 5.01 Å². The van der Waals surface area contributed by atoms with Crippen LogP contribution in [0.25, 0.3) is 6.08 Å². The van der Waals surface area contributed by atoms with Gasteiger partial charge in [-0.3, -0.25) is 15.0 Å². The number of amides is 2. The minimum Gasteiger partial charge on any atom is -0.502 e. The lowest BCUT2D eigenvalue weighted by Crippen LogP contribution is -2.35. The SMILES string of the molecule is COc1cc(/C=C2/C(=O)NN(c3ccc(C)c(C)c3)C2=O)cc(OC)c1O. The number of carbonyl (C=O) groups excluding carboxylic acids is 2. The highest BCUT2D eigenvalue weighted by atomic mass is 16.5. The van der Waals surface area contributed by atoms with Crippen LogP contribution in [0.2, 0.25) is 0 Å². The lowest BCUT2D eigenvalue weighted by molar-refractivity contribution is -0.117. The smallest absolute Gasteiger partial charge is 0.282 e. The first-order valence-corrected chi connectivity index (χ1v) is 8.25. The number of hydrogen-bond acceptors (Lipinski definition) is 5. The Morgan fingerprint density at radius 2 is 1.63 bits per heavy atom. The van der Waals surface area contributed by atoms with Gasteiger partial charge in [0, 0.05) is 0 Å². The fourth-order valence-electron chi connectivity index (χ4n) is 2.77. The van der Waals surface area contributed by atoms with E-state index in [1.807, 2.05) is 26.0 Å². The molecule has 1 fully saturated rings. The average Bonchev–Trinajstić information content (AvgIpc) is 2.93. The molecule has 0 bridgehead atoms. The summed E-state index contributed by atoms with van der Waals surface area (Å²) in [6, 6.07) is 8.54. The van der Waals surface area contributed by atoms with Crippen LogP contribution in [0.3, 0.4) is 0 Å². The van der Waals surface area contributed by atoms with Crippen molar-refractivity contribution in [2.24, 2.45) is 0 Å². The van der Waals surface area contributed by atoms with Crippen LogP contribution in [0.4, 0.5) is 5.69 Å². The van der Waals surface area contributed by atoms with Gasteiger partial charge in [-0.2, -0.15) is 0 Å². The second kappa shape index (κ2) is 7.03. The topological polar surface area (TPSA) is 88.1 Å². The summed E-state index contributed by atoms with van der Waals surface area (Å²) in [5.41, 5.74) is 5.72. The third-order valence-electron chi connectivity index (χ3n) is 4.45. The number of nitrogens with one attached hydrogen (secondary N) is 1. The first-order chi connectivity index (χ1) is 12.8. The predicted molar refractivity (Wildman–Crippen MR) is 101 cm³/mol. The fourth-order valence-corrected chi connectivity index (χ4v) is 2.77. The summed E-state index contributed by atoms with van der Waals surface area (Å²) in [4.78, 5) is 25.1. The molecule has 0 aliphatic carbocycles. The van der Waals surface area contributed by atoms with Gasteiger partial charge in [-0.05, 0) is 60.9 Å². The minimum absolute atomic E-state index is 0.0250. The molecule has 1 aliphatic rings. The highest BCUT2D eigenvalue weighted by molar-refractivity contribution is 6.31. The Morgan fingerprint density at radius 3 is 2.19 bits per heavy atom. The third-order valence-corrected chi connectivity index (χ3v) is 4.45. The van der Waals surface area contributed by atoms with E-state index in [1.165, 1.54) is 37.4 Å². The van der Waals surface area contributed by atoms with Crippen molar-refractivity contribution in [2.45, 2.75) is 13.8 Å². The number of phenolic OH excluding ortho intramolecular Hbond substituents is 1. The van der Waals surface area contributed by atoms with Crippen molar-refractivity contribution in [1.29, 1.82) is 0 Å². The second-order valence-corrected chi connectivity index (χ2v) is 6.18. The van der Waals surface area contributed by atoms with Crippen LogP contribution >= 0.6 is 0 Å². The van der Waals surface area contributed by atoms with E-state index in [0.717, 1.165) is 11.1 Å². The molecule has 7 nitrogen and oxygen atoms in total. The number of carbonyl (C=O) groups is 2. The van der Waals surface area contributed by atoms with Crippen molar-refractivity contribution in [1.82, 2.24) is 5.43 Å². The quantitative estimate of drug-likeness (QED) is 0.639. The maximum atomic E-state index is 12.8. The van der Waals surface area contributed by atoms with Gasteiger partial charge in [0.25, 0.3) is 11.8 Å². The van der Waals surface area contributed by atoms with Crippen molar-refractivity contribution >= 4 is 23.6 Å². The number of aryl methyl sites for hydroxylation is 2. The van der Waals surface area contributed by atoms with E-state index in [-0.39, 0.29) is 22.8 Å². The Labute approximate surface area is 156 Å². The van der Waals surface area contributed by atoms with Gasteiger partial charge in [0.15, 0.2) is 11.5 Å². The minimum atomic E-state index is -0.510. The van der Waals surface area contributed by atoms with E-state index in [4.69, 9.17) is 9.47 Å². The van der Waals surface area contributed by atoms with Crippen LogP contribution < -0.4 is 19.9 Å². The first kappa shape index (κ1) is 18.3.